The fraction of sp³-hybridized carbons (Fsp3) is 0.750. The minimum atomic E-state index is -1.17. The van der Waals surface area contributed by atoms with E-state index in [2.05, 4.69) is 15.9 Å². The van der Waals surface area contributed by atoms with Crippen molar-refractivity contribution in [2.24, 2.45) is 0 Å². The normalized spacial score (nSPS) is 26.4. The number of aliphatic carboxylic acids is 1. The van der Waals surface area contributed by atoms with Gasteiger partial charge in [-0.15, -0.1) is 0 Å². The lowest BCUT2D eigenvalue weighted by molar-refractivity contribution is -0.152. The first-order chi connectivity index (χ1) is 6.43. The van der Waals surface area contributed by atoms with Gasteiger partial charge in [-0.25, -0.2) is 4.79 Å². The van der Waals surface area contributed by atoms with Gasteiger partial charge in [0.25, 0.3) is 0 Å². The number of hydrogen-bond acceptors (Lipinski definition) is 3. The van der Waals surface area contributed by atoms with E-state index in [1.54, 1.807) is 0 Å². The van der Waals surface area contributed by atoms with Crippen LogP contribution in [0.15, 0.2) is 0 Å². The Kier molecular flexibility index (Phi) is 3.49. The third kappa shape index (κ3) is 2.24. The first-order valence-corrected chi connectivity index (χ1v) is 5.19. The standard InChI is InChI=1S/C8H12BrNO4/c1-4(11)7(8(13)14)10-3-5(9)2-6(10)12/h4-5,7,11H,2-3H2,1H3,(H,13,14). The molecule has 0 aromatic heterocycles. The van der Waals surface area contributed by atoms with Crippen LogP contribution in [-0.2, 0) is 9.59 Å². The predicted molar refractivity (Wildman–Crippen MR) is 52.1 cm³/mol. The molecule has 1 fully saturated rings. The number of carbonyl (C=O) groups excluding carboxylic acids is 1. The number of carboxylic acids is 1. The summed E-state index contributed by atoms with van der Waals surface area (Å²) in [6.45, 7) is 1.70. The molecule has 3 unspecified atom stereocenters. The summed E-state index contributed by atoms with van der Waals surface area (Å²) in [6, 6.07) is -1.13. The average molecular weight is 266 g/mol. The molecule has 1 aliphatic heterocycles. The lowest BCUT2D eigenvalue weighted by atomic mass is 10.1. The molecular formula is C8H12BrNO4. The van der Waals surface area contributed by atoms with Gasteiger partial charge in [0.2, 0.25) is 5.91 Å². The van der Waals surface area contributed by atoms with Crippen LogP contribution in [0, 0.1) is 0 Å². The van der Waals surface area contributed by atoms with Crippen LogP contribution in [0.2, 0.25) is 0 Å². The summed E-state index contributed by atoms with van der Waals surface area (Å²) in [7, 11) is 0. The zero-order valence-corrected chi connectivity index (χ0v) is 9.27. The number of amides is 1. The molecule has 1 rings (SSSR count). The second kappa shape index (κ2) is 4.27. The summed E-state index contributed by atoms with van der Waals surface area (Å²) >= 11 is 3.25. The highest BCUT2D eigenvalue weighted by molar-refractivity contribution is 9.09. The van der Waals surface area contributed by atoms with Crippen LogP contribution in [0.1, 0.15) is 13.3 Å². The molecule has 0 aromatic carbocycles. The van der Waals surface area contributed by atoms with Gasteiger partial charge in [0, 0.05) is 17.8 Å². The number of nitrogens with zero attached hydrogens (tertiary/aromatic N) is 1. The Morgan fingerprint density at radius 3 is 2.57 bits per heavy atom. The summed E-state index contributed by atoms with van der Waals surface area (Å²) in [5.74, 6) is -1.41. The Balaban J connectivity index is 2.79. The SMILES string of the molecule is CC(O)C(C(=O)O)N1CC(Br)CC1=O. The summed E-state index contributed by atoms with van der Waals surface area (Å²) in [4.78, 5) is 23.4. The van der Waals surface area contributed by atoms with Crippen LogP contribution in [0.25, 0.3) is 0 Å². The summed E-state index contributed by atoms with van der Waals surface area (Å²) in [5, 5.41) is 18.1. The molecule has 0 spiro atoms. The lowest BCUT2D eigenvalue weighted by Gasteiger charge is -2.26. The van der Waals surface area contributed by atoms with E-state index >= 15 is 0 Å². The highest BCUT2D eigenvalue weighted by atomic mass is 79.9. The smallest absolute Gasteiger partial charge is 0.329 e. The molecule has 1 saturated heterocycles. The lowest BCUT2D eigenvalue weighted by Crippen LogP contribution is -2.48. The van der Waals surface area contributed by atoms with Crippen molar-refractivity contribution in [1.29, 1.82) is 0 Å². The molecule has 0 radical (unpaired) electrons. The molecule has 14 heavy (non-hydrogen) atoms. The second-order valence-corrected chi connectivity index (χ2v) is 4.67. The van der Waals surface area contributed by atoms with Crippen molar-refractivity contribution in [3.8, 4) is 0 Å². The molecule has 3 atom stereocenters. The Labute approximate surface area is 89.8 Å². The Bertz CT molecular complexity index is 256. The fourth-order valence-corrected chi connectivity index (χ4v) is 2.14. The Morgan fingerprint density at radius 1 is 1.71 bits per heavy atom. The van der Waals surface area contributed by atoms with Gasteiger partial charge >= 0.3 is 5.97 Å². The van der Waals surface area contributed by atoms with Gasteiger partial charge in [0.05, 0.1) is 6.10 Å². The number of carboxylic acid groups (broad SMARTS) is 1. The van der Waals surface area contributed by atoms with Crippen molar-refractivity contribution in [2.45, 2.75) is 30.3 Å². The molecule has 80 valence electrons. The maximum atomic E-state index is 11.4. The number of alkyl halides is 1. The maximum absolute atomic E-state index is 11.4. The third-order valence-electron chi connectivity index (χ3n) is 2.16. The number of hydrogen-bond donors (Lipinski definition) is 2. The van der Waals surface area contributed by atoms with Crippen molar-refractivity contribution in [3.63, 3.8) is 0 Å². The minimum absolute atomic E-state index is 0.0180. The molecule has 1 aliphatic rings. The minimum Gasteiger partial charge on any atom is -0.480 e. The maximum Gasteiger partial charge on any atom is 0.329 e. The van der Waals surface area contributed by atoms with Crippen LogP contribution in [0.5, 0.6) is 0 Å². The van der Waals surface area contributed by atoms with Crippen LogP contribution in [0.4, 0.5) is 0 Å². The number of halogens is 1. The number of likely N-dealkylation sites (tertiary alicyclic amines) is 1. The largest absolute Gasteiger partial charge is 0.480 e. The molecule has 5 nitrogen and oxygen atoms in total. The van der Waals surface area contributed by atoms with Crippen LogP contribution < -0.4 is 0 Å². The third-order valence-corrected chi connectivity index (χ3v) is 2.77. The Hall–Kier alpha value is -0.620. The molecule has 2 N–H and O–H groups in total. The van der Waals surface area contributed by atoms with E-state index in [1.165, 1.54) is 11.8 Å². The second-order valence-electron chi connectivity index (χ2n) is 3.37. The van der Waals surface area contributed by atoms with E-state index in [-0.39, 0.29) is 17.2 Å². The van der Waals surface area contributed by atoms with Crippen LogP contribution in [-0.4, -0.2) is 50.5 Å². The number of carbonyl (C=O) groups is 2. The molecule has 0 saturated carbocycles. The first kappa shape index (κ1) is 11.5. The molecule has 6 heteroatoms. The van der Waals surface area contributed by atoms with Crippen molar-refractivity contribution in [3.05, 3.63) is 0 Å². The highest BCUT2D eigenvalue weighted by Gasteiger charge is 2.39. The highest BCUT2D eigenvalue weighted by Crippen LogP contribution is 2.21. The first-order valence-electron chi connectivity index (χ1n) is 4.28. The van der Waals surface area contributed by atoms with E-state index in [0.717, 1.165) is 0 Å². The summed E-state index contributed by atoms with van der Waals surface area (Å²) in [5.41, 5.74) is 0. The number of aliphatic hydroxyl groups excluding tert-OH is 1. The monoisotopic (exact) mass is 265 g/mol. The molecular weight excluding hydrogens is 254 g/mol. The quantitative estimate of drug-likeness (QED) is 0.694. The van der Waals surface area contributed by atoms with Gasteiger partial charge < -0.3 is 15.1 Å². The van der Waals surface area contributed by atoms with E-state index in [1.807, 2.05) is 0 Å². The van der Waals surface area contributed by atoms with Crippen molar-refractivity contribution < 1.29 is 19.8 Å². The van der Waals surface area contributed by atoms with E-state index in [4.69, 9.17) is 5.11 Å². The summed E-state index contributed by atoms with van der Waals surface area (Å²) < 4.78 is 0. The number of rotatable bonds is 3. The van der Waals surface area contributed by atoms with Crippen molar-refractivity contribution in [2.75, 3.05) is 6.54 Å². The van der Waals surface area contributed by atoms with E-state index < -0.39 is 18.1 Å². The van der Waals surface area contributed by atoms with Gasteiger partial charge in [0.15, 0.2) is 6.04 Å². The number of aliphatic hydroxyl groups is 1. The van der Waals surface area contributed by atoms with Crippen LogP contribution >= 0.6 is 15.9 Å². The Morgan fingerprint density at radius 2 is 2.29 bits per heavy atom. The van der Waals surface area contributed by atoms with Gasteiger partial charge in [0.1, 0.15) is 0 Å². The topological polar surface area (TPSA) is 77.8 Å². The van der Waals surface area contributed by atoms with Gasteiger partial charge in [-0.3, -0.25) is 4.79 Å². The van der Waals surface area contributed by atoms with Gasteiger partial charge in [-0.1, -0.05) is 15.9 Å². The van der Waals surface area contributed by atoms with E-state index in [9.17, 15) is 14.7 Å². The summed E-state index contributed by atoms with van der Waals surface area (Å²) in [6.07, 6.45) is -0.773. The molecule has 1 amide bonds. The predicted octanol–water partition coefficient (Wildman–Crippen LogP) is -0.184. The molecule has 0 aromatic rings. The zero-order valence-electron chi connectivity index (χ0n) is 7.68. The average Bonchev–Trinajstić information content (AvgIpc) is 2.29. The van der Waals surface area contributed by atoms with Gasteiger partial charge in [-0.05, 0) is 6.92 Å². The van der Waals surface area contributed by atoms with Gasteiger partial charge in [-0.2, -0.15) is 0 Å². The van der Waals surface area contributed by atoms with E-state index in [0.29, 0.717) is 6.54 Å². The zero-order chi connectivity index (χ0) is 10.9. The fourth-order valence-electron chi connectivity index (χ4n) is 1.56. The molecule has 0 bridgehead atoms. The van der Waals surface area contributed by atoms with Crippen molar-refractivity contribution >= 4 is 27.8 Å². The molecule has 1 heterocycles. The van der Waals surface area contributed by atoms with Crippen LogP contribution in [0.3, 0.4) is 0 Å². The molecule has 0 aliphatic carbocycles. The van der Waals surface area contributed by atoms with Crippen molar-refractivity contribution in [1.82, 2.24) is 4.90 Å².